The Hall–Kier alpha value is -1.52. The van der Waals surface area contributed by atoms with E-state index in [1.165, 1.54) is 0 Å². The van der Waals surface area contributed by atoms with E-state index in [4.69, 9.17) is 0 Å². The van der Waals surface area contributed by atoms with Gasteiger partial charge in [-0.3, -0.25) is 9.48 Å². The molecule has 0 aromatic carbocycles. The molecule has 0 spiro atoms. The molecule has 0 unspecified atom stereocenters. The molecular formula is C13H22N4O. The van der Waals surface area contributed by atoms with E-state index in [9.17, 15) is 4.79 Å². The molecule has 5 heteroatoms. The monoisotopic (exact) mass is 250 g/mol. The molecule has 1 aromatic rings. The van der Waals surface area contributed by atoms with Gasteiger partial charge in [0.2, 0.25) is 5.91 Å². The van der Waals surface area contributed by atoms with E-state index in [0.717, 1.165) is 24.2 Å². The quantitative estimate of drug-likeness (QED) is 0.863. The maximum absolute atomic E-state index is 11.9. The minimum absolute atomic E-state index is 0.149. The molecule has 1 N–H and O–H groups in total. The summed E-state index contributed by atoms with van der Waals surface area (Å²) in [5, 5.41) is 7.61. The second kappa shape index (κ2) is 5.00. The molecule has 1 aromatic heterocycles. The van der Waals surface area contributed by atoms with Crippen molar-refractivity contribution < 1.29 is 4.79 Å². The van der Waals surface area contributed by atoms with Crippen LogP contribution >= 0.6 is 0 Å². The topological polar surface area (TPSA) is 50.2 Å². The third-order valence-electron chi connectivity index (χ3n) is 3.32. The summed E-state index contributed by atoms with van der Waals surface area (Å²) in [6.07, 6.45) is 4.22. The SMILES string of the molecule is CC(C)c1nn(C)cc1NCC(=O)N(C)C1CC1. The molecule has 5 nitrogen and oxygen atoms in total. The Morgan fingerprint density at radius 3 is 2.83 bits per heavy atom. The van der Waals surface area contributed by atoms with Gasteiger partial charge in [-0.05, 0) is 18.8 Å². The van der Waals surface area contributed by atoms with Crippen LogP contribution in [0.15, 0.2) is 6.20 Å². The van der Waals surface area contributed by atoms with Crippen molar-refractivity contribution in [3.8, 4) is 0 Å². The normalized spacial score (nSPS) is 14.9. The second-order valence-corrected chi connectivity index (χ2v) is 5.35. The van der Waals surface area contributed by atoms with Gasteiger partial charge in [-0.2, -0.15) is 5.10 Å². The molecule has 1 fully saturated rings. The minimum atomic E-state index is 0.149. The Morgan fingerprint density at radius 2 is 2.28 bits per heavy atom. The lowest BCUT2D eigenvalue weighted by Gasteiger charge is -2.17. The Bertz CT molecular complexity index is 434. The van der Waals surface area contributed by atoms with E-state index in [1.54, 1.807) is 4.68 Å². The number of nitrogens with one attached hydrogen (secondary N) is 1. The highest BCUT2D eigenvalue weighted by Gasteiger charge is 2.29. The zero-order valence-electron chi connectivity index (χ0n) is 11.6. The first-order valence-electron chi connectivity index (χ1n) is 6.52. The van der Waals surface area contributed by atoms with Gasteiger partial charge in [0.15, 0.2) is 0 Å². The molecule has 0 radical (unpaired) electrons. The van der Waals surface area contributed by atoms with Gasteiger partial charge in [0.25, 0.3) is 0 Å². The lowest BCUT2D eigenvalue weighted by atomic mass is 10.1. The molecule has 1 saturated carbocycles. The molecule has 0 atom stereocenters. The summed E-state index contributed by atoms with van der Waals surface area (Å²) < 4.78 is 1.78. The fraction of sp³-hybridized carbons (Fsp3) is 0.692. The highest BCUT2D eigenvalue weighted by Crippen LogP contribution is 2.26. The summed E-state index contributed by atoms with van der Waals surface area (Å²) in [7, 11) is 3.78. The van der Waals surface area contributed by atoms with Gasteiger partial charge in [-0.25, -0.2) is 0 Å². The predicted molar refractivity (Wildman–Crippen MR) is 71.6 cm³/mol. The van der Waals surface area contributed by atoms with Crippen molar-refractivity contribution in [2.24, 2.45) is 7.05 Å². The Kier molecular flexibility index (Phi) is 3.59. The Balaban J connectivity index is 1.94. The molecule has 0 bridgehead atoms. The number of aryl methyl sites for hydroxylation is 1. The van der Waals surface area contributed by atoms with Gasteiger partial charge in [0.1, 0.15) is 0 Å². The third kappa shape index (κ3) is 2.83. The van der Waals surface area contributed by atoms with Crippen LogP contribution in [0.4, 0.5) is 5.69 Å². The number of nitrogens with zero attached hydrogens (tertiary/aromatic N) is 3. The van der Waals surface area contributed by atoms with Gasteiger partial charge in [0.05, 0.1) is 17.9 Å². The standard InChI is InChI=1S/C13H22N4O/c1-9(2)13-11(8-16(3)15-13)14-7-12(18)17(4)10-5-6-10/h8-10,14H,5-7H2,1-4H3. The number of likely N-dealkylation sites (N-methyl/N-ethyl adjacent to an activating group) is 1. The maximum Gasteiger partial charge on any atom is 0.241 e. The number of carbonyl (C=O) groups excluding carboxylic acids is 1. The van der Waals surface area contributed by atoms with Crippen molar-refractivity contribution in [3.05, 3.63) is 11.9 Å². The lowest BCUT2D eigenvalue weighted by molar-refractivity contribution is -0.128. The second-order valence-electron chi connectivity index (χ2n) is 5.35. The number of amides is 1. The first-order valence-corrected chi connectivity index (χ1v) is 6.52. The van der Waals surface area contributed by atoms with Crippen molar-refractivity contribution in [2.75, 3.05) is 18.9 Å². The first-order chi connectivity index (χ1) is 8.49. The molecule has 0 saturated heterocycles. The molecule has 18 heavy (non-hydrogen) atoms. The van der Waals surface area contributed by atoms with E-state index in [1.807, 2.05) is 25.2 Å². The molecule has 1 amide bonds. The summed E-state index contributed by atoms with van der Waals surface area (Å²) in [6.45, 7) is 4.55. The highest BCUT2D eigenvalue weighted by molar-refractivity contribution is 5.81. The van der Waals surface area contributed by atoms with E-state index in [0.29, 0.717) is 18.5 Å². The molecule has 2 rings (SSSR count). The summed E-state index contributed by atoms with van der Waals surface area (Å²) in [6, 6.07) is 0.470. The van der Waals surface area contributed by atoms with Gasteiger partial charge in [0, 0.05) is 26.3 Å². The average Bonchev–Trinajstić information content (AvgIpc) is 3.08. The fourth-order valence-corrected chi connectivity index (χ4v) is 2.03. The van der Waals surface area contributed by atoms with E-state index in [2.05, 4.69) is 24.3 Å². The van der Waals surface area contributed by atoms with E-state index in [-0.39, 0.29) is 5.91 Å². The summed E-state index contributed by atoms with van der Waals surface area (Å²) in [4.78, 5) is 13.8. The molecule has 1 aliphatic carbocycles. The van der Waals surface area contributed by atoms with E-state index < -0.39 is 0 Å². The molecule has 1 heterocycles. The molecule has 0 aliphatic heterocycles. The van der Waals surface area contributed by atoms with Crippen molar-refractivity contribution in [1.29, 1.82) is 0 Å². The van der Waals surface area contributed by atoms with Crippen LogP contribution in [0.1, 0.15) is 38.3 Å². The van der Waals surface area contributed by atoms with Crippen molar-refractivity contribution in [1.82, 2.24) is 14.7 Å². The van der Waals surface area contributed by atoms with Crippen molar-refractivity contribution >= 4 is 11.6 Å². The van der Waals surface area contributed by atoms with Crippen LogP contribution < -0.4 is 5.32 Å². The van der Waals surface area contributed by atoms with Gasteiger partial charge >= 0.3 is 0 Å². The van der Waals surface area contributed by atoms with Crippen LogP contribution in [0.25, 0.3) is 0 Å². The number of carbonyl (C=O) groups is 1. The molecule has 100 valence electrons. The highest BCUT2D eigenvalue weighted by atomic mass is 16.2. The Labute approximate surface area is 108 Å². The summed E-state index contributed by atoms with van der Waals surface area (Å²) in [5.41, 5.74) is 1.98. The lowest BCUT2D eigenvalue weighted by Crippen LogP contribution is -2.33. The van der Waals surface area contributed by atoms with Crippen LogP contribution in [0, 0.1) is 0 Å². The summed E-state index contributed by atoms with van der Waals surface area (Å²) >= 11 is 0. The summed E-state index contributed by atoms with van der Waals surface area (Å²) in [5.74, 6) is 0.501. The largest absolute Gasteiger partial charge is 0.373 e. The van der Waals surface area contributed by atoms with Gasteiger partial charge < -0.3 is 10.2 Å². The number of hydrogen-bond acceptors (Lipinski definition) is 3. The zero-order valence-corrected chi connectivity index (χ0v) is 11.6. The minimum Gasteiger partial charge on any atom is -0.373 e. The van der Waals surface area contributed by atoms with Gasteiger partial charge in [-0.15, -0.1) is 0 Å². The van der Waals surface area contributed by atoms with Gasteiger partial charge in [-0.1, -0.05) is 13.8 Å². The van der Waals surface area contributed by atoms with Crippen LogP contribution in [0.2, 0.25) is 0 Å². The number of rotatable bonds is 5. The van der Waals surface area contributed by atoms with E-state index >= 15 is 0 Å². The third-order valence-corrected chi connectivity index (χ3v) is 3.32. The zero-order chi connectivity index (χ0) is 13.3. The number of hydrogen-bond donors (Lipinski definition) is 1. The molecular weight excluding hydrogens is 228 g/mol. The predicted octanol–water partition coefficient (Wildman–Crippen LogP) is 1.58. The first kappa shape index (κ1) is 12.9. The fourth-order valence-electron chi connectivity index (χ4n) is 2.03. The van der Waals surface area contributed by atoms with Crippen molar-refractivity contribution in [2.45, 2.75) is 38.6 Å². The average molecular weight is 250 g/mol. The smallest absolute Gasteiger partial charge is 0.241 e. The van der Waals surface area contributed by atoms with Crippen LogP contribution in [-0.4, -0.2) is 40.2 Å². The van der Waals surface area contributed by atoms with Crippen LogP contribution in [0.5, 0.6) is 0 Å². The molecule has 1 aliphatic rings. The number of aromatic nitrogens is 2. The van der Waals surface area contributed by atoms with Crippen LogP contribution in [0.3, 0.4) is 0 Å². The number of anilines is 1. The maximum atomic E-state index is 11.9. The Morgan fingerprint density at radius 1 is 1.61 bits per heavy atom. The van der Waals surface area contributed by atoms with Crippen LogP contribution in [-0.2, 0) is 11.8 Å². The van der Waals surface area contributed by atoms with Crippen molar-refractivity contribution in [3.63, 3.8) is 0 Å².